The van der Waals surface area contributed by atoms with Gasteiger partial charge in [-0.15, -0.1) is 0 Å². The Bertz CT molecular complexity index is 334. The predicted molar refractivity (Wildman–Crippen MR) is 68.8 cm³/mol. The molecule has 2 rings (SSSR count). The number of amides is 1. The molecule has 0 aromatic rings. The van der Waals surface area contributed by atoms with Crippen molar-refractivity contribution in [3.8, 4) is 0 Å². The van der Waals surface area contributed by atoms with Crippen LogP contribution in [0.2, 0.25) is 0 Å². The summed E-state index contributed by atoms with van der Waals surface area (Å²) in [4.78, 5) is 15.2. The van der Waals surface area contributed by atoms with E-state index in [9.17, 15) is 9.90 Å². The van der Waals surface area contributed by atoms with Crippen LogP contribution >= 0.6 is 0 Å². The third-order valence-electron chi connectivity index (χ3n) is 3.91. The zero-order chi connectivity index (χ0) is 13.6. The Morgan fingerprint density at radius 3 is 2.50 bits per heavy atom. The summed E-state index contributed by atoms with van der Waals surface area (Å²) in [5.41, 5.74) is -0.0315. The average molecular weight is 256 g/mol. The maximum Gasteiger partial charge on any atom is 0.407 e. The zero-order valence-electron chi connectivity index (χ0n) is 11.8. The quantitative estimate of drug-likeness (QED) is 0.760. The van der Waals surface area contributed by atoms with Gasteiger partial charge in [-0.25, -0.2) is 4.79 Å². The number of piperazine rings is 1. The molecule has 0 saturated carbocycles. The molecule has 1 amide bonds. The van der Waals surface area contributed by atoms with E-state index in [1.165, 1.54) is 0 Å². The number of carbonyl (C=O) groups is 1. The Morgan fingerprint density at radius 2 is 2.06 bits per heavy atom. The van der Waals surface area contributed by atoms with Gasteiger partial charge in [0.2, 0.25) is 0 Å². The lowest BCUT2D eigenvalue weighted by Gasteiger charge is -2.46. The van der Waals surface area contributed by atoms with Crippen molar-refractivity contribution < 1.29 is 14.6 Å². The van der Waals surface area contributed by atoms with Gasteiger partial charge >= 0.3 is 6.09 Å². The van der Waals surface area contributed by atoms with Crippen LogP contribution in [0.25, 0.3) is 0 Å². The van der Waals surface area contributed by atoms with Crippen LogP contribution in [0.3, 0.4) is 0 Å². The second-order valence-electron chi connectivity index (χ2n) is 6.83. The molecule has 0 bridgehead atoms. The van der Waals surface area contributed by atoms with E-state index in [1.807, 2.05) is 0 Å². The van der Waals surface area contributed by atoms with Crippen molar-refractivity contribution in [1.29, 1.82) is 0 Å². The summed E-state index contributed by atoms with van der Waals surface area (Å²) in [6.45, 7) is 12.4. The molecule has 2 atom stereocenters. The van der Waals surface area contributed by atoms with Crippen molar-refractivity contribution in [1.82, 2.24) is 9.80 Å². The molecule has 0 spiro atoms. The summed E-state index contributed by atoms with van der Waals surface area (Å²) < 4.78 is 5.42. The van der Waals surface area contributed by atoms with Gasteiger partial charge in [-0.2, -0.15) is 0 Å². The smallest absolute Gasteiger partial charge is 0.407 e. The van der Waals surface area contributed by atoms with Gasteiger partial charge in [0.05, 0.1) is 12.6 Å². The Balaban J connectivity index is 2.03. The van der Waals surface area contributed by atoms with Crippen LogP contribution in [-0.2, 0) is 4.74 Å². The van der Waals surface area contributed by atoms with Crippen LogP contribution in [0, 0.1) is 5.41 Å². The first-order chi connectivity index (χ1) is 8.21. The van der Waals surface area contributed by atoms with Crippen LogP contribution in [0.5, 0.6) is 0 Å². The molecule has 0 aromatic carbocycles. The van der Waals surface area contributed by atoms with Crippen LogP contribution in [0.1, 0.15) is 27.7 Å². The standard InChI is InChI=1S/C13H24N2O3/c1-12(2,3)10-7-14(8-13(4)9-18-13)5-6-15(10)11(16)17/h10H,5-9H2,1-4H3,(H,16,17)/t10-,13?/m0/s1. The number of hydrogen-bond donors (Lipinski definition) is 1. The van der Waals surface area contributed by atoms with Gasteiger partial charge in [0, 0.05) is 26.2 Å². The maximum absolute atomic E-state index is 11.3. The largest absolute Gasteiger partial charge is 0.465 e. The van der Waals surface area contributed by atoms with E-state index in [2.05, 4.69) is 32.6 Å². The van der Waals surface area contributed by atoms with E-state index in [4.69, 9.17) is 4.74 Å². The topological polar surface area (TPSA) is 56.3 Å². The van der Waals surface area contributed by atoms with E-state index in [-0.39, 0.29) is 17.1 Å². The van der Waals surface area contributed by atoms with Crippen LogP contribution < -0.4 is 0 Å². The van der Waals surface area contributed by atoms with Crippen molar-refractivity contribution in [3.63, 3.8) is 0 Å². The van der Waals surface area contributed by atoms with E-state index < -0.39 is 6.09 Å². The molecule has 18 heavy (non-hydrogen) atoms. The first kappa shape index (κ1) is 13.6. The van der Waals surface area contributed by atoms with Gasteiger partial charge in [-0.3, -0.25) is 4.90 Å². The minimum absolute atomic E-state index is 0.00777. The fourth-order valence-corrected chi connectivity index (χ4v) is 2.64. The second kappa shape index (κ2) is 4.38. The van der Waals surface area contributed by atoms with Gasteiger partial charge in [0.1, 0.15) is 5.60 Å². The van der Waals surface area contributed by atoms with Crippen LogP contribution in [0.4, 0.5) is 4.79 Å². The molecule has 2 heterocycles. The number of epoxide rings is 1. The summed E-state index contributed by atoms with van der Waals surface area (Å²) in [6, 6.07) is 0.0473. The first-order valence-corrected chi connectivity index (χ1v) is 6.57. The van der Waals surface area contributed by atoms with Crippen molar-refractivity contribution in [2.45, 2.75) is 39.3 Å². The van der Waals surface area contributed by atoms with E-state index in [0.717, 1.165) is 26.2 Å². The van der Waals surface area contributed by atoms with Gasteiger partial charge < -0.3 is 14.7 Å². The Morgan fingerprint density at radius 1 is 1.44 bits per heavy atom. The molecule has 0 radical (unpaired) electrons. The van der Waals surface area contributed by atoms with Crippen molar-refractivity contribution in [3.05, 3.63) is 0 Å². The minimum Gasteiger partial charge on any atom is -0.465 e. The lowest BCUT2D eigenvalue weighted by atomic mass is 9.84. The molecule has 0 aromatic heterocycles. The number of rotatable bonds is 2. The van der Waals surface area contributed by atoms with Crippen LogP contribution in [0.15, 0.2) is 0 Å². The third-order valence-corrected chi connectivity index (χ3v) is 3.91. The fraction of sp³-hybridized carbons (Fsp3) is 0.923. The summed E-state index contributed by atoms with van der Waals surface area (Å²) in [5.74, 6) is 0. The third kappa shape index (κ3) is 2.95. The molecular formula is C13H24N2O3. The van der Waals surface area contributed by atoms with E-state index in [1.54, 1.807) is 4.90 Å². The number of carboxylic acid groups (broad SMARTS) is 1. The molecule has 2 aliphatic rings. The number of hydrogen-bond acceptors (Lipinski definition) is 3. The summed E-state index contributed by atoms with van der Waals surface area (Å²) >= 11 is 0. The van der Waals surface area contributed by atoms with E-state index >= 15 is 0 Å². The lowest BCUT2D eigenvalue weighted by Crippen LogP contribution is -2.60. The summed E-state index contributed by atoms with van der Waals surface area (Å²) in [7, 11) is 0. The first-order valence-electron chi connectivity index (χ1n) is 6.57. The molecule has 104 valence electrons. The van der Waals surface area contributed by atoms with Crippen molar-refractivity contribution in [2.24, 2.45) is 5.41 Å². The Kier molecular flexibility index (Phi) is 3.32. The molecule has 2 saturated heterocycles. The van der Waals surface area contributed by atoms with Gasteiger partial charge in [-0.05, 0) is 12.3 Å². The zero-order valence-corrected chi connectivity index (χ0v) is 11.8. The minimum atomic E-state index is -0.802. The lowest BCUT2D eigenvalue weighted by molar-refractivity contribution is 0.0150. The predicted octanol–water partition coefficient (Wildman–Crippen LogP) is 1.49. The van der Waals surface area contributed by atoms with Gasteiger partial charge in [0.15, 0.2) is 0 Å². The monoisotopic (exact) mass is 256 g/mol. The van der Waals surface area contributed by atoms with E-state index in [0.29, 0.717) is 6.54 Å². The molecule has 5 heteroatoms. The fourth-order valence-electron chi connectivity index (χ4n) is 2.64. The molecule has 5 nitrogen and oxygen atoms in total. The maximum atomic E-state index is 11.3. The highest BCUT2D eigenvalue weighted by Crippen LogP contribution is 2.31. The molecule has 1 N–H and O–H groups in total. The highest BCUT2D eigenvalue weighted by Gasteiger charge is 2.44. The SMILES string of the molecule is CC1(CN2CCN(C(=O)O)[C@H](C(C)(C)C)C2)CO1. The average Bonchev–Trinajstić information content (AvgIpc) is 2.94. The van der Waals surface area contributed by atoms with Gasteiger partial charge in [0.25, 0.3) is 0 Å². The number of nitrogens with zero attached hydrogens (tertiary/aromatic N) is 2. The van der Waals surface area contributed by atoms with Crippen molar-refractivity contribution in [2.75, 3.05) is 32.8 Å². The van der Waals surface area contributed by atoms with Crippen LogP contribution in [-0.4, -0.2) is 65.4 Å². The molecular weight excluding hydrogens is 232 g/mol. The Hall–Kier alpha value is -0.810. The van der Waals surface area contributed by atoms with Crippen molar-refractivity contribution >= 4 is 6.09 Å². The molecule has 0 aliphatic carbocycles. The normalized spacial score (nSPS) is 33.6. The molecule has 2 fully saturated rings. The second-order valence-corrected chi connectivity index (χ2v) is 6.83. The highest BCUT2D eigenvalue weighted by molar-refractivity contribution is 5.65. The number of ether oxygens (including phenoxy) is 1. The molecule has 1 unspecified atom stereocenters. The molecule has 2 aliphatic heterocycles. The summed E-state index contributed by atoms with van der Waals surface area (Å²) in [6.07, 6.45) is -0.802. The summed E-state index contributed by atoms with van der Waals surface area (Å²) in [5, 5.41) is 9.29. The Labute approximate surface area is 109 Å². The van der Waals surface area contributed by atoms with Gasteiger partial charge in [-0.1, -0.05) is 20.8 Å². The highest BCUT2D eigenvalue weighted by atomic mass is 16.6.